The lowest BCUT2D eigenvalue weighted by atomic mass is 10.2. The van der Waals surface area contributed by atoms with Crippen molar-refractivity contribution < 1.29 is 9.53 Å². The number of para-hydroxylation sites is 1. The molecule has 0 aliphatic heterocycles. The van der Waals surface area contributed by atoms with Gasteiger partial charge in [0.1, 0.15) is 5.75 Å². The summed E-state index contributed by atoms with van der Waals surface area (Å²) >= 11 is 1.30. The second kappa shape index (κ2) is 8.92. The van der Waals surface area contributed by atoms with Gasteiger partial charge in [-0.1, -0.05) is 48.0 Å². The molecule has 3 aromatic rings. The van der Waals surface area contributed by atoms with E-state index in [1.165, 1.54) is 11.8 Å². The molecule has 1 heterocycles. The van der Waals surface area contributed by atoms with Crippen molar-refractivity contribution in [2.45, 2.75) is 5.16 Å². The summed E-state index contributed by atoms with van der Waals surface area (Å²) in [6.45, 7) is 0.208. The quantitative estimate of drug-likeness (QED) is 0.506. The zero-order valence-electron chi connectivity index (χ0n) is 14.8. The predicted molar refractivity (Wildman–Crippen MR) is 106 cm³/mol. The summed E-state index contributed by atoms with van der Waals surface area (Å²) in [6.07, 6.45) is 5.17. The molecule has 0 fully saturated rings. The number of carbonyl (C=O) groups excluding carboxylic acids is 1. The maximum Gasteiger partial charge on any atom is 0.231 e. The molecule has 1 aromatic heterocycles. The van der Waals surface area contributed by atoms with E-state index in [4.69, 9.17) is 11.2 Å². The number of nitrogens with one attached hydrogen (secondary N) is 1. The molecular formula is C20H18N4O2S. The molecule has 0 radical (unpaired) electrons. The number of methoxy groups -OCH3 is 1. The van der Waals surface area contributed by atoms with Crippen LogP contribution in [0.5, 0.6) is 5.75 Å². The van der Waals surface area contributed by atoms with Crippen molar-refractivity contribution in [3.8, 4) is 35.2 Å². The maximum atomic E-state index is 11.9. The third kappa shape index (κ3) is 4.49. The number of amides is 1. The van der Waals surface area contributed by atoms with E-state index in [0.29, 0.717) is 11.0 Å². The molecule has 1 N–H and O–H groups in total. The Balaban J connectivity index is 1.96. The number of carbonyl (C=O) groups is 1. The number of aromatic nitrogens is 3. The molecule has 0 unspecified atom stereocenters. The SMILES string of the molecule is C#CCNC(=O)CSc1nnc(-c2cccc(OC)c2)n1-c1ccccc1. The number of hydrogen-bond donors (Lipinski definition) is 1. The van der Waals surface area contributed by atoms with E-state index in [9.17, 15) is 4.79 Å². The van der Waals surface area contributed by atoms with Crippen LogP contribution in [-0.4, -0.2) is 40.1 Å². The first-order chi connectivity index (χ1) is 13.2. The fourth-order valence-electron chi connectivity index (χ4n) is 2.45. The number of thioether (sulfide) groups is 1. The van der Waals surface area contributed by atoms with Crippen molar-refractivity contribution in [1.29, 1.82) is 0 Å². The minimum atomic E-state index is -0.150. The van der Waals surface area contributed by atoms with Crippen LogP contribution in [0.15, 0.2) is 59.8 Å². The Morgan fingerprint density at radius 2 is 2.04 bits per heavy atom. The summed E-state index contributed by atoms with van der Waals surface area (Å²) in [5.74, 6) is 3.84. The zero-order valence-corrected chi connectivity index (χ0v) is 15.6. The molecule has 136 valence electrons. The summed E-state index contributed by atoms with van der Waals surface area (Å²) < 4.78 is 7.24. The number of benzene rings is 2. The summed E-state index contributed by atoms with van der Waals surface area (Å²) in [4.78, 5) is 11.9. The van der Waals surface area contributed by atoms with Gasteiger partial charge in [-0.15, -0.1) is 16.6 Å². The Labute approximate surface area is 162 Å². The molecule has 0 spiro atoms. The van der Waals surface area contributed by atoms with E-state index in [-0.39, 0.29) is 18.2 Å². The maximum absolute atomic E-state index is 11.9. The molecular weight excluding hydrogens is 360 g/mol. The van der Waals surface area contributed by atoms with Gasteiger partial charge in [-0.05, 0) is 24.3 Å². The number of terminal acetylenes is 1. The van der Waals surface area contributed by atoms with Gasteiger partial charge in [0.15, 0.2) is 11.0 Å². The summed E-state index contributed by atoms with van der Waals surface area (Å²) in [5, 5.41) is 11.9. The van der Waals surface area contributed by atoms with E-state index < -0.39 is 0 Å². The number of nitrogens with zero attached hydrogens (tertiary/aromatic N) is 3. The monoisotopic (exact) mass is 378 g/mol. The third-order valence-electron chi connectivity index (χ3n) is 3.70. The van der Waals surface area contributed by atoms with Gasteiger partial charge in [-0.3, -0.25) is 9.36 Å². The molecule has 0 atom stereocenters. The predicted octanol–water partition coefficient (Wildman–Crippen LogP) is 2.78. The third-order valence-corrected chi connectivity index (χ3v) is 4.62. The van der Waals surface area contributed by atoms with Gasteiger partial charge in [-0.25, -0.2) is 0 Å². The van der Waals surface area contributed by atoms with Crippen molar-refractivity contribution in [2.75, 3.05) is 19.4 Å². The minimum absolute atomic E-state index is 0.150. The van der Waals surface area contributed by atoms with E-state index in [1.807, 2.05) is 59.2 Å². The number of hydrogen-bond acceptors (Lipinski definition) is 5. The Morgan fingerprint density at radius 3 is 2.78 bits per heavy atom. The highest BCUT2D eigenvalue weighted by Gasteiger charge is 2.17. The van der Waals surface area contributed by atoms with E-state index >= 15 is 0 Å². The van der Waals surface area contributed by atoms with Crippen molar-refractivity contribution >= 4 is 17.7 Å². The minimum Gasteiger partial charge on any atom is -0.497 e. The van der Waals surface area contributed by atoms with Crippen molar-refractivity contribution in [2.24, 2.45) is 0 Å². The van der Waals surface area contributed by atoms with Crippen LogP contribution in [0, 0.1) is 12.3 Å². The van der Waals surface area contributed by atoms with Crippen LogP contribution in [0.4, 0.5) is 0 Å². The van der Waals surface area contributed by atoms with Crippen molar-refractivity contribution in [1.82, 2.24) is 20.1 Å². The van der Waals surface area contributed by atoms with E-state index in [0.717, 1.165) is 17.0 Å². The highest BCUT2D eigenvalue weighted by atomic mass is 32.2. The Kier molecular flexibility index (Phi) is 6.13. The Morgan fingerprint density at radius 1 is 1.22 bits per heavy atom. The fraction of sp³-hybridized carbons (Fsp3) is 0.150. The van der Waals surface area contributed by atoms with Crippen LogP contribution >= 0.6 is 11.8 Å². The number of rotatable bonds is 7. The lowest BCUT2D eigenvalue weighted by Gasteiger charge is -2.11. The summed E-state index contributed by atoms with van der Waals surface area (Å²) in [7, 11) is 1.62. The number of ether oxygens (including phenoxy) is 1. The molecule has 0 saturated carbocycles. The van der Waals surface area contributed by atoms with Crippen LogP contribution in [-0.2, 0) is 4.79 Å². The molecule has 2 aromatic carbocycles. The molecule has 7 heteroatoms. The molecule has 3 rings (SSSR count). The Bertz CT molecular complexity index is 964. The molecule has 1 amide bonds. The van der Waals surface area contributed by atoms with Gasteiger partial charge in [0.05, 0.1) is 19.4 Å². The van der Waals surface area contributed by atoms with E-state index in [1.54, 1.807) is 7.11 Å². The van der Waals surface area contributed by atoms with Crippen LogP contribution in [0.3, 0.4) is 0 Å². The van der Waals surface area contributed by atoms with Gasteiger partial charge in [0, 0.05) is 11.3 Å². The molecule has 0 saturated heterocycles. The second-order valence-electron chi connectivity index (χ2n) is 5.48. The molecule has 27 heavy (non-hydrogen) atoms. The first kappa shape index (κ1) is 18.5. The molecule has 0 aliphatic rings. The largest absolute Gasteiger partial charge is 0.497 e. The van der Waals surface area contributed by atoms with Crippen LogP contribution in [0.2, 0.25) is 0 Å². The summed E-state index contributed by atoms with van der Waals surface area (Å²) in [6, 6.07) is 17.4. The first-order valence-corrected chi connectivity index (χ1v) is 9.19. The average Bonchev–Trinajstić information content (AvgIpc) is 3.15. The average molecular weight is 378 g/mol. The van der Waals surface area contributed by atoms with Gasteiger partial charge in [0.2, 0.25) is 5.91 Å². The smallest absolute Gasteiger partial charge is 0.231 e. The van der Waals surface area contributed by atoms with Gasteiger partial charge in [-0.2, -0.15) is 0 Å². The lowest BCUT2D eigenvalue weighted by Crippen LogP contribution is -2.25. The van der Waals surface area contributed by atoms with Crippen molar-refractivity contribution in [3.63, 3.8) is 0 Å². The van der Waals surface area contributed by atoms with Crippen LogP contribution in [0.1, 0.15) is 0 Å². The second-order valence-corrected chi connectivity index (χ2v) is 6.42. The fourth-order valence-corrected chi connectivity index (χ4v) is 3.23. The highest BCUT2D eigenvalue weighted by Crippen LogP contribution is 2.29. The van der Waals surface area contributed by atoms with E-state index in [2.05, 4.69) is 21.4 Å². The van der Waals surface area contributed by atoms with Crippen molar-refractivity contribution in [3.05, 3.63) is 54.6 Å². The van der Waals surface area contributed by atoms with Gasteiger partial charge >= 0.3 is 0 Å². The molecule has 0 bridgehead atoms. The summed E-state index contributed by atoms with van der Waals surface area (Å²) in [5.41, 5.74) is 1.78. The highest BCUT2D eigenvalue weighted by molar-refractivity contribution is 7.99. The standard InChI is InChI=1S/C20H18N4O2S/c1-3-12-21-18(25)14-27-20-23-22-19(15-8-7-11-17(13-15)26-2)24(20)16-9-5-4-6-10-16/h1,4-11,13H,12,14H2,2H3,(H,21,25). The Hall–Kier alpha value is -3.24. The van der Waals surface area contributed by atoms with Crippen LogP contribution in [0.25, 0.3) is 17.1 Å². The first-order valence-electron chi connectivity index (χ1n) is 8.21. The van der Waals surface area contributed by atoms with Gasteiger partial charge in [0.25, 0.3) is 0 Å². The van der Waals surface area contributed by atoms with Crippen LogP contribution < -0.4 is 10.1 Å². The van der Waals surface area contributed by atoms with Gasteiger partial charge < -0.3 is 10.1 Å². The normalized spacial score (nSPS) is 10.2. The zero-order chi connectivity index (χ0) is 19.1. The topological polar surface area (TPSA) is 69.0 Å². The molecule has 0 aliphatic carbocycles. The molecule has 6 nitrogen and oxygen atoms in total. The lowest BCUT2D eigenvalue weighted by molar-refractivity contribution is -0.118.